The number of nitriles is 1. The van der Waals surface area contributed by atoms with Crippen LogP contribution in [0.25, 0.3) is 10.9 Å². The lowest BCUT2D eigenvalue weighted by Gasteiger charge is -2.23. The van der Waals surface area contributed by atoms with E-state index in [1.807, 2.05) is 30.3 Å². The largest absolute Gasteiger partial charge is 0.369 e. The minimum Gasteiger partial charge on any atom is -0.369 e. The third-order valence-electron chi connectivity index (χ3n) is 3.54. The first-order chi connectivity index (χ1) is 9.05. The summed E-state index contributed by atoms with van der Waals surface area (Å²) in [4.78, 5) is 4.56. The molecule has 0 unspecified atom stereocenters. The van der Waals surface area contributed by atoms with E-state index in [1.165, 1.54) is 0 Å². The molecule has 1 aromatic carbocycles. The zero-order valence-corrected chi connectivity index (χ0v) is 11.7. The van der Waals surface area contributed by atoms with Gasteiger partial charge in [-0.3, -0.25) is 0 Å². The maximum atomic E-state index is 9.23. The van der Waals surface area contributed by atoms with Crippen molar-refractivity contribution >= 4 is 16.7 Å². The Bertz CT molecular complexity index is 623. The number of hydrogen-bond acceptors (Lipinski definition) is 3. The van der Waals surface area contributed by atoms with Crippen LogP contribution in [-0.4, -0.2) is 11.5 Å². The molecule has 2 aromatic rings. The lowest BCUT2D eigenvalue weighted by Crippen LogP contribution is -2.22. The third-order valence-corrected chi connectivity index (χ3v) is 3.54. The van der Waals surface area contributed by atoms with E-state index in [-0.39, 0.29) is 5.41 Å². The fourth-order valence-electron chi connectivity index (χ4n) is 1.81. The Hall–Kier alpha value is -2.08. The van der Waals surface area contributed by atoms with E-state index in [2.05, 4.69) is 37.1 Å². The molecule has 3 heteroatoms. The summed E-state index contributed by atoms with van der Waals surface area (Å²) in [5.74, 6) is 0.775. The summed E-state index contributed by atoms with van der Waals surface area (Å²) >= 11 is 0. The molecule has 98 valence electrons. The number of para-hydroxylation sites is 1. The van der Waals surface area contributed by atoms with E-state index in [4.69, 9.17) is 0 Å². The van der Waals surface area contributed by atoms with Gasteiger partial charge in [0.1, 0.15) is 5.82 Å². The molecule has 0 aliphatic heterocycles. The zero-order chi connectivity index (χ0) is 13.9. The van der Waals surface area contributed by atoms with Gasteiger partial charge >= 0.3 is 0 Å². The molecule has 0 saturated heterocycles. The topological polar surface area (TPSA) is 48.7 Å². The fourth-order valence-corrected chi connectivity index (χ4v) is 1.81. The average Bonchev–Trinajstić information content (AvgIpc) is 2.44. The minimum atomic E-state index is 0.222. The average molecular weight is 253 g/mol. The molecule has 0 saturated carbocycles. The molecule has 0 fully saturated rings. The summed E-state index contributed by atoms with van der Waals surface area (Å²) < 4.78 is 0. The summed E-state index contributed by atoms with van der Waals surface area (Å²) in [6.45, 7) is 7.45. The van der Waals surface area contributed by atoms with E-state index < -0.39 is 0 Å². The Labute approximate surface area is 114 Å². The van der Waals surface area contributed by atoms with Gasteiger partial charge in [0, 0.05) is 11.9 Å². The molecule has 2 rings (SSSR count). The molecule has 1 aromatic heterocycles. The zero-order valence-electron chi connectivity index (χ0n) is 11.7. The molecular weight excluding hydrogens is 234 g/mol. The van der Waals surface area contributed by atoms with Gasteiger partial charge in [0.25, 0.3) is 0 Å². The van der Waals surface area contributed by atoms with Gasteiger partial charge in [0.05, 0.1) is 17.1 Å². The van der Waals surface area contributed by atoms with Gasteiger partial charge in [-0.15, -0.1) is 0 Å². The highest BCUT2D eigenvalue weighted by molar-refractivity contribution is 5.86. The summed E-state index contributed by atoms with van der Waals surface area (Å²) in [5, 5.41) is 13.5. The Morgan fingerprint density at radius 1 is 1.32 bits per heavy atom. The third kappa shape index (κ3) is 3.03. The van der Waals surface area contributed by atoms with Crippen LogP contribution < -0.4 is 5.32 Å². The maximum Gasteiger partial charge on any atom is 0.128 e. The lowest BCUT2D eigenvalue weighted by atomic mass is 9.90. The number of aromatic nitrogens is 1. The lowest BCUT2D eigenvalue weighted by molar-refractivity contribution is 0.376. The Morgan fingerprint density at radius 2 is 2.05 bits per heavy atom. The highest BCUT2D eigenvalue weighted by Crippen LogP contribution is 2.23. The van der Waals surface area contributed by atoms with E-state index >= 15 is 0 Å². The molecule has 0 atom stereocenters. The highest BCUT2D eigenvalue weighted by Gasteiger charge is 2.15. The highest BCUT2D eigenvalue weighted by atomic mass is 15.0. The van der Waals surface area contributed by atoms with Crippen LogP contribution in [0.4, 0.5) is 5.82 Å². The predicted octanol–water partition coefficient (Wildman–Crippen LogP) is 3.95. The monoisotopic (exact) mass is 253 g/mol. The normalized spacial score (nSPS) is 11.3. The van der Waals surface area contributed by atoms with Crippen molar-refractivity contribution in [1.82, 2.24) is 4.98 Å². The molecule has 0 bridgehead atoms. The Morgan fingerprint density at radius 3 is 2.74 bits per heavy atom. The molecule has 0 amide bonds. The second-order valence-electron chi connectivity index (χ2n) is 5.56. The maximum absolute atomic E-state index is 9.23. The molecule has 19 heavy (non-hydrogen) atoms. The number of nitrogens with one attached hydrogen (secondary N) is 1. The SMILES string of the molecule is CCC(C)(C)CNc1cc(C#N)c2ccccc2n1. The van der Waals surface area contributed by atoms with Crippen LogP contribution >= 0.6 is 0 Å². The molecular formula is C16H19N3. The molecule has 0 aliphatic rings. The molecule has 1 N–H and O–H groups in total. The Balaban J connectivity index is 2.33. The molecule has 3 nitrogen and oxygen atoms in total. The van der Waals surface area contributed by atoms with Gasteiger partial charge in [-0.2, -0.15) is 5.26 Å². The van der Waals surface area contributed by atoms with E-state index in [1.54, 1.807) is 0 Å². The van der Waals surface area contributed by atoms with Crippen LogP contribution in [0.15, 0.2) is 30.3 Å². The van der Waals surface area contributed by atoms with Crippen molar-refractivity contribution in [2.24, 2.45) is 5.41 Å². The standard InChI is InChI=1S/C16H19N3/c1-4-16(2,3)11-18-15-9-12(10-17)13-7-5-6-8-14(13)19-15/h5-9H,4,11H2,1-3H3,(H,18,19). The van der Waals surface area contributed by atoms with Crippen molar-refractivity contribution in [2.45, 2.75) is 27.2 Å². The van der Waals surface area contributed by atoms with Crippen LogP contribution in [0.2, 0.25) is 0 Å². The van der Waals surface area contributed by atoms with Crippen molar-refractivity contribution in [3.63, 3.8) is 0 Å². The Kier molecular flexibility index (Phi) is 3.71. The first-order valence-corrected chi connectivity index (χ1v) is 6.59. The van der Waals surface area contributed by atoms with Gasteiger partial charge in [-0.25, -0.2) is 4.98 Å². The first kappa shape index (κ1) is 13.4. The summed E-state index contributed by atoms with van der Waals surface area (Å²) in [7, 11) is 0. The first-order valence-electron chi connectivity index (χ1n) is 6.59. The summed E-state index contributed by atoms with van der Waals surface area (Å²) in [5.41, 5.74) is 1.75. The van der Waals surface area contributed by atoms with Crippen LogP contribution in [-0.2, 0) is 0 Å². The van der Waals surface area contributed by atoms with Crippen molar-refractivity contribution in [1.29, 1.82) is 5.26 Å². The smallest absolute Gasteiger partial charge is 0.128 e. The van der Waals surface area contributed by atoms with Gasteiger partial charge in [0.15, 0.2) is 0 Å². The number of benzene rings is 1. The summed E-state index contributed by atoms with van der Waals surface area (Å²) in [6.07, 6.45) is 1.10. The van der Waals surface area contributed by atoms with Crippen molar-refractivity contribution < 1.29 is 0 Å². The quantitative estimate of drug-likeness (QED) is 0.897. The van der Waals surface area contributed by atoms with Gasteiger partial charge in [-0.1, -0.05) is 39.0 Å². The number of rotatable bonds is 4. The number of anilines is 1. The second kappa shape index (κ2) is 5.27. The second-order valence-corrected chi connectivity index (χ2v) is 5.56. The van der Waals surface area contributed by atoms with Gasteiger partial charge < -0.3 is 5.32 Å². The number of hydrogen-bond donors (Lipinski definition) is 1. The van der Waals surface area contributed by atoms with Crippen LogP contribution in [0.3, 0.4) is 0 Å². The number of nitrogens with zero attached hydrogens (tertiary/aromatic N) is 2. The van der Waals surface area contributed by atoms with Crippen LogP contribution in [0.5, 0.6) is 0 Å². The number of fused-ring (bicyclic) bond motifs is 1. The van der Waals surface area contributed by atoms with E-state index in [9.17, 15) is 5.26 Å². The van der Waals surface area contributed by atoms with Crippen LogP contribution in [0.1, 0.15) is 32.8 Å². The van der Waals surface area contributed by atoms with Gasteiger partial charge in [-0.05, 0) is 24.0 Å². The molecule has 0 aliphatic carbocycles. The van der Waals surface area contributed by atoms with Crippen molar-refractivity contribution in [3.05, 3.63) is 35.9 Å². The van der Waals surface area contributed by atoms with E-state index in [0.717, 1.165) is 29.7 Å². The number of pyridine rings is 1. The molecule has 0 spiro atoms. The van der Waals surface area contributed by atoms with Crippen molar-refractivity contribution in [2.75, 3.05) is 11.9 Å². The van der Waals surface area contributed by atoms with Crippen molar-refractivity contribution in [3.8, 4) is 6.07 Å². The predicted molar refractivity (Wildman–Crippen MR) is 79.0 cm³/mol. The molecule has 0 radical (unpaired) electrons. The van der Waals surface area contributed by atoms with E-state index in [0.29, 0.717) is 5.56 Å². The van der Waals surface area contributed by atoms with Crippen LogP contribution in [0, 0.1) is 16.7 Å². The van der Waals surface area contributed by atoms with Gasteiger partial charge in [0.2, 0.25) is 0 Å². The summed E-state index contributed by atoms with van der Waals surface area (Å²) in [6, 6.07) is 11.8. The molecule has 1 heterocycles. The fraction of sp³-hybridized carbons (Fsp3) is 0.375. The minimum absolute atomic E-state index is 0.222.